The molecule has 0 spiro atoms. The van der Waals surface area contributed by atoms with Gasteiger partial charge in [-0.15, -0.1) is 0 Å². The topological polar surface area (TPSA) is 70.4 Å². The molecule has 0 radical (unpaired) electrons. The number of aliphatic hydroxyl groups is 1. The van der Waals surface area contributed by atoms with E-state index in [0.717, 1.165) is 62.8 Å². The summed E-state index contributed by atoms with van der Waals surface area (Å²) in [5.41, 5.74) is 2.61. The molecule has 23 heavy (non-hydrogen) atoms. The average molecular weight is 319 g/mol. The van der Waals surface area contributed by atoms with E-state index in [4.69, 9.17) is 0 Å². The van der Waals surface area contributed by atoms with Crippen molar-refractivity contribution in [1.82, 2.24) is 4.98 Å². The van der Waals surface area contributed by atoms with Crippen LogP contribution in [0.2, 0.25) is 0 Å². The van der Waals surface area contributed by atoms with Crippen molar-refractivity contribution >= 4 is 5.97 Å². The maximum Gasteiger partial charge on any atom is 0.303 e. The van der Waals surface area contributed by atoms with Gasteiger partial charge in [0.1, 0.15) is 0 Å². The molecule has 1 fully saturated rings. The zero-order chi connectivity index (χ0) is 16.9. The Labute approximate surface area is 139 Å². The zero-order valence-corrected chi connectivity index (χ0v) is 14.3. The molecule has 1 saturated carbocycles. The second-order valence-corrected chi connectivity index (χ2v) is 6.81. The van der Waals surface area contributed by atoms with E-state index in [-0.39, 0.29) is 12.3 Å². The van der Waals surface area contributed by atoms with Crippen molar-refractivity contribution in [3.05, 3.63) is 29.1 Å². The fraction of sp³-hybridized carbons (Fsp3) is 0.684. The summed E-state index contributed by atoms with van der Waals surface area (Å²) in [7, 11) is 0. The lowest BCUT2D eigenvalue weighted by Crippen LogP contribution is -2.36. The van der Waals surface area contributed by atoms with Crippen molar-refractivity contribution < 1.29 is 15.0 Å². The second kappa shape index (κ2) is 7.91. The lowest BCUT2D eigenvalue weighted by atomic mass is 9.79. The van der Waals surface area contributed by atoms with Gasteiger partial charge in [-0.25, -0.2) is 0 Å². The van der Waals surface area contributed by atoms with Gasteiger partial charge in [0.2, 0.25) is 0 Å². The summed E-state index contributed by atoms with van der Waals surface area (Å²) in [4.78, 5) is 15.8. The number of carboxylic acid groups (broad SMARTS) is 1. The van der Waals surface area contributed by atoms with Gasteiger partial charge >= 0.3 is 5.97 Å². The predicted molar refractivity (Wildman–Crippen MR) is 90.5 cm³/mol. The maximum atomic E-state index is 11.2. The molecule has 0 saturated heterocycles. The van der Waals surface area contributed by atoms with Gasteiger partial charge in [-0.2, -0.15) is 0 Å². The van der Waals surface area contributed by atoms with Crippen molar-refractivity contribution in [2.75, 3.05) is 0 Å². The molecule has 0 unspecified atom stereocenters. The van der Waals surface area contributed by atoms with Crippen LogP contribution in [0.5, 0.6) is 0 Å². The molecule has 0 aliphatic heterocycles. The van der Waals surface area contributed by atoms with Gasteiger partial charge in [-0.3, -0.25) is 9.78 Å². The summed E-state index contributed by atoms with van der Waals surface area (Å²) < 4.78 is 0. The SMILES string of the molecule is CCc1cc(CC[C@H](CC(=O)O)C2(O)CCCC2)cc(CC)n1. The number of hydrogen-bond donors (Lipinski definition) is 2. The fourth-order valence-corrected chi connectivity index (χ4v) is 3.73. The molecule has 1 aliphatic rings. The Bertz CT molecular complexity index is 513. The quantitative estimate of drug-likeness (QED) is 0.769. The van der Waals surface area contributed by atoms with E-state index in [9.17, 15) is 15.0 Å². The Morgan fingerprint density at radius 1 is 1.22 bits per heavy atom. The number of rotatable bonds is 8. The molecule has 0 bridgehead atoms. The molecule has 1 aliphatic carbocycles. The Morgan fingerprint density at radius 2 is 1.78 bits per heavy atom. The minimum atomic E-state index is -0.812. The highest BCUT2D eigenvalue weighted by atomic mass is 16.4. The zero-order valence-electron chi connectivity index (χ0n) is 14.3. The molecule has 1 heterocycles. The van der Waals surface area contributed by atoms with Crippen LogP contribution in [0.15, 0.2) is 12.1 Å². The molecule has 4 heteroatoms. The first-order valence-electron chi connectivity index (χ1n) is 8.89. The second-order valence-electron chi connectivity index (χ2n) is 6.81. The standard InChI is InChI=1S/C19H29NO3/c1-3-16-11-14(12-17(4-2)20-16)7-8-15(13-18(21)22)19(23)9-5-6-10-19/h11-12,15,23H,3-10,13H2,1-2H3,(H,21,22)/t15-/m1/s1. The van der Waals surface area contributed by atoms with E-state index < -0.39 is 11.6 Å². The summed E-state index contributed by atoms with van der Waals surface area (Å²) in [6, 6.07) is 4.24. The van der Waals surface area contributed by atoms with Gasteiger partial charge in [0.05, 0.1) is 12.0 Å². The van der Waals surface area contributed by atoms with Crippen molar-refractivity contribution in [3.63, 3.8) is 0 Å². The molecule has 0 aromatic carbocycles. The molecule has 0 amide bonds. The van der Waals surface area contributed by atoms with Gasteiger partial charge in [-0.05, 0) is 62.1 Å². The van der Waals surface area contributed by atoms with Crippen LogP contribution in [0.1, 0.15) is 69.3 Å². The monoisotopic (exact) mass is 319 g/mol. The van der Waals surface area contributed by atoms with Crippen LogP contribution in [0.25, 0.3) is 0 Å². The van der Waals surface area contributed by atoms with Gasteiger partial charge in [0.25, 0.3) is 0 Å². The first-order valence-corrected chi connectivity index (χ1v) is 8.89. The van der Waals surface area contributed by atoms with Crippen LogP contribution in [0.3, 0.4) is 0 Å². The number of aromatic nitrogens is 1. The average Bonchev–Trinajstić information content (AvgIpc) is 2.98. The lowest BCUT2D eigenvalue weighted by Gasteiger charge is -2.32. The van der Waals surface area contributed by atoms with Gasteiger partial charge in [-0.1, -0.05) is 26.7 Å². The molecule has 128 valence electrons. The van der Waals surface area contributed by atoms with E-state index in [1.165, 1.54) is 5.56 Å². The number of carbonyl (C=O) groups is 1. The Balaban J connectivity index is 2.10. The summed E-state index contributed by atoms with van der Waals surface area (Å²) in [6.07, 6.45) is 6.88. The Morgan fingerprint density at radius 3 is 2.26 bits per heavy atom. The number of aliphatic carboxylic acids is 1. The number of aryl methyl sites for hydroxylation is 3. The molecule has 1 aromatic rings. The van der Waals surface area contributed by atoms with Crippen LogP contribution in [0.4, 0.5) is 0 Å². The number of carboxylic acids is 1. The molecule has 1 atom stereocenters. The van der Waals surface area contributed by atoms with E-state index in [1.807, 2.05) is 0 Å². The Kier molecular flexibility index (Phi) is 6.17. The van der Waals surface area contributed by atoms with E-state index in [2.05, 4.69) is 31.0 Å². The number of pyridine rings is 1. The highest BCUT2D eigenvalue weighted by Gasteiger charge is 2.39. The maximum absolute atomic E-state index is 11.2. The van der Waals surface area contributed by atoms with E-state index in [1.54, 1.807) is 0 Å². The van der Waals surface area contributed by atoms with Gasteiger partial charge in [0.15, 0.2) is 0 Å². The first kappa shape index (κ1) is 17.9. The molecule has 4 nitrogen and oxygen atoms in total. The van der Waals surface area contributed by atoms with Gasteiger partial charge in [0, 0.05) is 11.4 Å². The van der Waals surface area contributed by atoms with Crippen LogP contribution in [-0.2, 0) is 24.1 Å². The van der Waals surface area contributed by atoms with E-state index >= 15 is 0 Å². The van der Waals surface area contributed by atoms with Crippen molar-refractivity contribution in [2.24, 2.45) is 5.92 Å². The third kappa shape index (κ3) is 4.77. The molecular formula is C19H29NO3. The molecular weight excluding hydrogens is 290 g/mol. The summed E-state index contributed by atoms with van der Waals surface area (Å²) >= 11 is 0. The lowest BCUT2D eigenvalue weighted by molar-refractivity contribution is -0.141. The summed E-state index contributed by atoms with van der Waals surface area (Å²) in [5, 5.41) is 20.0. The normalized spacial score (nSPS) is 18.0. The van der Waals surface area contributed by atoms with Crippen molar-refractivity contribution in [1.29, 1.82) is 0 Å². The van der Waals surface area contributed by atoms with Crippen molar-refractivity contribution in [3.8, 4) is 0 Å². The van der Waals surface area contributed by atoms with Crippen molar-refractivity contribution in [2.45, 2.75) is 77.2 Å². The van der Waals surface area contributed by atoms with Crippen LogP contribution in [-0.4, -0.2) is 26.8 Å². The first-order chi connectivity index (χ1) is 11.0. The van der Waals surface area contributed by atoms with Gasteiger partial charge < -0.3 is 10.2 Å². The fourth-order valence-electron chi connectivity index (χ4n) is 3.73. The number of hydrogen-bond acceptors (Lipinski definition) is 3. The number of nitrogens with zero attached hydrogens (tertiary/aromatic N) is 1. The third-order valence-corrected chi connectivity index (χ3v) is 5.15. The highest BCUT2D eigenvalue weighted by Crippen LogP contribution is 2.39. The summed E-state index contributed by atoms with van der Waals surface area (Å²) in [6.45, 7) is 4.19. The van der Waals surface area contributed by atoms with Crippen LogP contribution < -0.4 is 0 Å². The minimum Gasteiger partial charge on any atom is -0.481 e. The molecule has 1 aromatic heterocycles. The van der Waals surface area contributed by atoms with E-state index in [0.29, 0.717) is 0 Å². The smallest absolute Gasteiger partial charge is 0.303 e. The molecule has 2 N–H and O–H groups in total. The third-order valence-electron chi connectivity index (χ3n) is 5.15. The highest BCUT2D eigenvalue weighted by molar-refractivity contribution is 5.67. The largest absolute Gasteiger partial charge is 0.481 e. The predicted octanol–water partition coefficient (Wildman–Crippen LogP) is 3.54. The summed E-state index contributed by atoms with van der Waals surface area (Å²) in [5.74, 6) is -0.973. The Hall–Kier alpha value is -1.42. The molecule has 2 rings (SSSR count). The van der Waals surface area contributed by atoms with Crippen LogP contribution >= 0.6 is 0 Å². The van der Waals surface area contributed by atoms with Crippen LogP contribution in [0, 0.1) is 5.92 Å². The minimum absolute atomic E-state index is 0.0584.